The first-order valence-corrected chi connectivity index (χ1v) is 5.56. The van der Waals surface area contributed by atoms with Crippen LogP contribution < -0.4 is 4.74 Å². The summed E-state index contributed by atoms with van der Waals surface area (Å²) >= 11 is 0. The summed E-state index contributed by atoms with van der Waals surface area (Å²) < 4.78 is 5.68. The van der Waals surface area contributed by atoms with Crippen molar-refractivity contribution in [3.05, 3.63) is 65.7 Å². The third kappa shape index (κ3) is 2.63. The van der Waals surface area contributed by atoms with Crippen LogP contribution in [0.4, 0.5) is 0 Å². The second-order valence-corrected chi connectivity index (χ2v) is 3.64. The molecular weight excluding hydrogens is 196 g/mol. The fraction of sp³-hybridized carbons (Fsp3) is 0.200. The Labute approximate surface area is 96.7 Å². The Morgan fingerprint density at radius 3 is 2.44 bits per heavy atom. The zero-order valence-electron chi connectivity index (χ0n) is 9.44. The molecular formula is C15H15O. The highest BCUT2D eigenvalue weighted by Crippen LogP contribution is 2.14. The van der Waals surface area contributed by atoms with Crippen LogP contribution in [0, 0.1) is 6.07 Å². The van der Waals surface area contributed by atoms with Crippen LogP contribution in [0.15, 0.2) is 48.5 Å². The molecule has 0 aliphatic heterocycles. The Bertz CT molecular complexity index is 434. The third-order valence-electron chi connectivity index (χ3n) is 2.56. The quantitative estimate of drug-likeness (QED) is 0.750. The van der Waals surface area contributed by atoms with Gasteiger partial charge in [-0.05, 0) is 23.6 Å². The Morgan fingerprint density at radius 2 is 1.75 bits per heavy atom. The van der Waals surface area contributed by atoms with Gasteiger partial charge in [0, 0.05) is 6.07 Å². The third-order valence-corrected chi connectivity index (χ3v) is 2.56. The van der Waals surface area contributed by atoms with E-state index in [-0.39, 0.29) is 0 Å². The molecule has 0 aliphatic rings. The minimum Gasteiger partial charge on any atom is -0.488 e. The van der Waals surface area contributed by atoms with E-state index in [9.17, 15) is 0 Å². The van der Waals surface area contributed by atoms with E-state index in [1.165, 1.54) is 11.1 Å². The molecule has 0 N–H and O–H groups in total. The molecule has 0 saturated heterocycles. The van der Waals surface area contributed by atoms with Gasteiger partial charge in [0.1, 0.15) is 12.4 Å². The maximum atomic E-state index is 5.68. The number of benzene rings is 2. The van der Waals surface area contributed by atoms with Crippen LogP contribution in [-0.2, 0) is 13.0 Å². The van der Waals surface area contributed by atoms with Crippen molar-refractivity contribution in [1.29, 1.82) is 0 Å². The predicted octanol–water partition coefficient (Wildman–Crippen LogP) is 3.63. The van der Waals surface area contributed by atoms with E-state index in [1.54, 1.807) is 0 Å². The number of hydrogen-bond donors (Lipinski definition) is 0. The molecule has 0 saturated carbocycles. The van der Waals surface area contributed by atoms with Crippen molar-refractivity contribution >= 4 is 0 Å². The summed E-state index contributed by atoms with van der Waals surface area (Å²) in [7, 11) is 0. The van der Waals surface area contributed by atoms with Gasteiger partial charge in [0.2, 0.25) is 0 Å². The Kier molecular flexibility index (Phi) is 3.60. The van der Waals surface area contributed by atoms with Gasteiger partial charge in [-0.2, -0.15) is 0 Å². The molecule has 0 fully saturated rings. The van der Waals surface area contributed by atoms with Gasteiger partial charge in [0.15, 0.2) is 0 Å². The summed E-state index contributed by atoms with van der Waals surface area (Å²) in [6.45, 7) is 2.78. The summed E-state index contributed by atoms with van der Waals surface area (Å²) in [4.78, 5) is 0. The maximum absolute atomic E-state index is 5.68. The fourth-order valence-electron chi connectivity index (χ4n) is 1.67. The summed E-state index contributed by atoms with van der Waals surface area (Å²) in [6.07, 6.45) is 1.04. The second-order valence-electron chi connectivity index (χ2n) is 3.64. The normalized spacial score (nSPS) is 10.1. The highest BCUT2D eigenvalue weighted by molar-refractivity contribution is 5.27. The topological polar surface area (TPSA) is 9.23 Å². The van der Waals surface area contributed by atoms with E-state index < -0.39 is 0 Å². The van der Waals surface area contributed by atoms with Crippen LogP contribution in [0.2, 0.25) is 0 Å². The van der Waals surface area contributed by atoms with Crippen molar-refractivity contribution < 1.29 is 4.74 Å². The van der Waals surface area contributed by atoms with Gasteiger partial charge in [-0.15, -0.1) is 0 Å². The van der Waals surface area contributed by atoms with Gasteiger partial charge in [-0.25, -0.2) is 0 Å². The highest BCUT2D eigenvalue weighted by atomic mass is 16.5. The molecule has 1 heteroatoms. The monoisotopic (exact) mass is 211 g/mol. The lowest BCUT2D eigenvalue weighted by Crippen LogP contribution is -1.99. The summed E-state index contributed by atoms with van der Waals surface area (Å²) in [5.41, 5.74) is 2.60. The molecule has 16 heavy (non-hydrogen) atoms. The molecule has 2 aromatic rings. The van der Waals surface area contributed by atoms with Crippen LogP contribution in [0.5, 0.6) is 5.75 Å². The molecule has 0 unspecified atom stereocenters. The van der Waals surface area contributed by atoms with Gasteiger partial charge in [-0.3, -0.25) is 0 Å². The predicted molar refractivity (Wildman–Crippen MR) is 65.4 cm³/mol. The summed E-state index contributed by atoms with van der Waals surface area (Å²) in [5, 5.41) is 0. The van der Waals surface area contributed by atoms with Crippen molar-refractivity contribution in [3.8, 4) is 5.75 Å². The first kappa shape index (κ1) is 10.7. The van der Waals surface area contributed by atoms with Crippen LogP contribution in [0.1, 0.15) is 18.1 Å². The van der Waals surface area contributed by atoms with E-state index in [0.29, 0.717) is 6.61 Å². The van der Waals surface area contributed by atoms with E-state index >= 15 is 0 Å². The average Bonchev–Trinajstić information content (AvgIpc) is 2.38. The zero-order valence-corrected chi connectivity index (χ0v) is 9.44. The van der Waals surface area contributed by atoms with E-state index in [1.807, 2.05) is 30.3 Å². The molecule has 1 radical (unpaired) electrons. The Hall–Kier alpha value is -1.76. The van der Waals surface area contributed by atoms with Crippen molar-refractivity contribution in [2.45, 2.75) is 20.0 Å². The number of ether oxygens (including phenoxy) is 1. The molecule has 0 bridgehead atoms. The molecule has 0 amide bonds. The van der Waals surface area contributed by atoms with E-state index in [0.717, 1.165) is 12.2 Å². The van der Waals surface area contributed by atoms with Gasteiger partial charge >= 0.3 is 0 Å². The minimum atomic E-state index is 0.616. The average molecular weight is 211 g/mol. The van der Waals surface area contributed by atoms with Crippen LogP contribution in [0.25, 0.3) is 0 Å². The molecule has 0 heterocycles. The lowest BCUT2D eigenvalue weighted by Gasteiger charge is -2.09. The van der Waals surface area contributed by atoms with Crippen LogP contribution in [-0.4, -0.2) is 0 Å². The maximum Gasteiger partial charge on any atom is 0.127 e. The number of rotatable bonds is 4. The van der Waals surface area contributed by atoms with Crippen LogP contribution >= 0.6 is 0 Å². The largest absolute Gasteiger partial charge is 0.488 e. The number of aryl methyl sites for hydroxylation is 1. The lowest BCUT2D eigenvalue weighted by atomic mass is 10.1. The molecule has 0 aromatic heterocycles. The first-order chi connectivity index (χ1) is 7.90. The van der Waals surface area contributed by atoms with Crippen molar-refractivity contribution in [2.75, 3.05) is 0 Å². The zero-order chi connectivity index (χ0) is 11.2. The summed E-state index contributed by atoms with van der Waals surface area (Å²) in [5.74, 6) is 0.799. The molecule has 2 rings (SSSR count). The first-order valence-electron chi connectivity index (χ1n) is 5.56. The van der Waals surface area contributed by atoms with E-state index in [4.69, 9.17) is 4.74 Å². The Balaban J connectivity index is 2.05. The van der Waals surface area contributed by atoms with Gasteiger partial charge in [0.05, 0.1) is 0 Å². The van der Waals surface area contributed by atoms with Crippen molar-refractivity contribution in [2.24, 2.45) is 0 Å². The second kappa shape index (κ2) is 5.36. The van der Waals surface area contributed by atoms with E-state index in [2.05, 4.69) is 31.2 Å². The number of para-hydroxylation sites is 1. The SMILES string of the molecule is CCc1ccccc1COc1[c]cccc1. The van der Waals surface area contributed by atoms with Crippen molar-refractivity contribution in [3.63, 3.8) is 0 Å². The highest BCUT2D eigenvalue weighted by Gasteiger charge is 2.00. The standard InChI is InChI=1S/C15H15O/c1-2-13-8-6-7-9-14(13)12-16-15-10-4-3-5-11-15/h3-10H,2,12H2,1H3. The van der Waals surface area contributed by atoms with Gasteiger partial charge in [-0.1, -0.05) is 49.4 Å². The van der Waals surface area contributed by atoms with Crippen molar-refractivity contribution in [1.82, 2.24) is 0 Å². The summed E-state index contributed by atoms with van der Waals surface area (Å²) in [6, 6.07) is 19.1. The van der Waals surface area contributed by atoms with Crippen LogP contribution in [0.3, 0.4) is 0 Å². The van der Waals surface area contributed by atoms with Gasteiger partial charge < -0.3 is 4.74 Å². The molecule has 81 valence electrons. The fourth-order valence-corrected chi connectivity index (χ4v) is 1.67. The molecule has 1 nitrogen and oxygen atoms in total. The lowest BCUT2D eigenvalue weighted by molar-refractivity contribution is 0.304. The Morgan fingerprint density at radius 1 is 1.00 bits per heavy atom. The molecule has 2 aromatic carbocycles. The molecule has 0 aliphatic carbocycles. The number of hydrogen-bond acceptors (Lipinski definition) is 1. The smallest absolute Gasteiger partial charge is 0.127 e. The molecule has 0 atom stereocenters. The molecule has 0 spiro atoms. The minimum absolute atomic E-state index is 0.616. The van der Waals surface area contributed by atoms with Gasteiger partial charge in [0.25, 0.3) is 0 Å².